The predicted molar refractivity (Wildman–Crippen MR) is 58.8 cm³/mol. The van der Waals surface area contributed by atoms with E-state index in [1.807, 2.05) is 6.07 Å². The van der Waals surface area contributed by atoms with Gasteiger partial charge in [-0.1, -0.05) is 33.0 Å². The molecule has 0 unspecified atom stereocenters. The number of aromatic nitrogens is 2. The Morgan fingerprint density at radius 1 is 1.50 bits per heavy atom. The maximum atomic E-state index is 5.08. The van der Waals surface area contributed by atoms with Gasteiger partial charge in [0.2, 0.25) is 0 Å². The van der Waals surface area contributed by atoms with Crippen LogP contribution in [-0.4, -0.2) is 17.1 Å². The van der Waals surface area contributed by atoms with Gasteiger partial charge in [-0.3, -0.25) is 0 Å². The Hall–Kier alpha value is -0.740. The molecule has 78 valence electrons. The van der Waals surface area contributed by atoms with Crippen LogP contribution in [0.2, 0.25) is 0 Å². The molecule has 1 heterocycles. The number of hydrogen-bond acceptors (Lipinski definition) is 3. The third-order valence-electron chi connectivity index (χ3n) is 1.88. The minimum Gasteiger partial charge on any atom is -0.377 e. The van der Waals surface area contributed by atoms with Gasteiger partial charge in [-0.05, 0) is 6.07 Å². The van der Waals surface area contributed by atoms with E-state index in [4.69, 9.17) is 17.0 Å². The number of H-pyrrole nitrogens is 1. The molecule has 1 rings (SSSR count). The van der Waals surface area contributed by atoms with Crippen molar-refractivity contribution in [1.29, 1.82) is 0 Å². The van der Waals surface area contributed by atoms with E-state index in [1.54, 1.807) is 7.11 Å². The zero-order valence-corrected chi connectivity index (χ0v) is 9.86. The van der Waals surface area contributed by atoms with Crippen molar-refractivity contribution < 1.29 is 4.74 Å². The maximum absolute atomic E-state index is 5.08. The van der Waals surface area contributed by atoms with Crippen molar-refractivity contribution in [2.45, 2.75) is 32.8 Å². The third kappa shape index (κ3) is 2.89. The van der Waals surface area contributed by atoms with Crippen molar-refractivity contribution >= 4 is 12.2 Å². The van der Waals surface area contributed by atoms with E-state index < -0.39 is 0 Å². The molecule has 0 spiro atoms. The molecule has 4 heteroatoms. The average Bonchev–Trinajstić information content (AvgIpc) is 2.02. The molecule has 1 N–H and O–H groups in total. The molecular formula is C10H16N2OS. The molecular weight excluding hydrogens is 196 g/mol. The largest absolute Gasteiger partial charge is 0.377 e. The van der Waals surface area contributed by atoms with Gasteiger partial charge in [0.1, 0.15) is 17.1 Å². The van der Waals surface area contributed by atoms with E-state index in [0.29, 0.717) is 11.2 Å². The molecule has 1 aromatic rings. The fourth-order valence-corrected chi connectivity index (χ4v) is 1.35. The van der Waals surface area contributed by atoms with Crippen molar-refractivity contribution in [3.8, 4) is 0 Å². The quantitative estimate of drug-likeness (QED) is 0.766. The summed E-state index contributed by atoms with van der Waals surface area (Å²) in [6.45, 7) is 6.85. The molecule has 1 aromatic heterocycles. The third-order valence-corrected chi connectivity index (χ3v) is 2.09. The summed E-state index contributed by atoms with van der Waals surface area (Å²) in [7, 11) is 1.64. The van der Waals surface area contributed by atoms with Gasteiger partial charge in [0.15, 0.2) is 0 Å². The number of ether oxygens (including phenoxy) is 1. The van der Waals surface area contributed by atoms with Crippen molar-refractivity contribution in [2.24, 2.45) is 0 Å². The smallest absolute Gasteiger partial charge is 0.134 e. The van der Waals surface area contributed by atoms with E-state index in [-0.39, 0.29) is 5.41 Å². The SMILES string of the molecule is COCc1nc(=S)cc(C(C)(C)C)[nH]1. The van der Waals surface area contributed by atoms with Crippen molar-refractivity contribution in [2.75, 3.05) is 7.11 Å². The van der Waals surface area contributed by atoms with Crippen LogP contribution in [0.15, 0.2) is 6.07 Å². The summed E-state index contributed by atoms with van der Waals surface area (Å²) < 4.78 is 5.62. The molecule has 0 aliphatic carbocycles. The number of methoxy groups -OCH3 is 1. The molecule has 14 heavy (non-hydrogen) atoms. The number of aromatic amines is 1. The van der Waals surface area contributed by atoms with Gasteiger partial charge < -0.3 is 9.72 Å². The highest BCUT2D eigenvalue weighted by molar-refractivity contribution is 7.71. The van der Waals surface area contributed by atoms with Gasteiger partial charge in [0, 0.05) is 18.2 Å². The molecule has 0 amide bonds. The fourth-order valence-electron chi connectivity index (χ4n) is 1.12. The van der Waals surface area contributed by atoms with Crippen LogP contribution in [0, 0.1) is 4.64 Å². The average molecular weight is 212 g/mol. The molecule has 0 bridgehead atoms. The lowest BCUT2D eigenvalue weighted by atomic mass is 9.92. The van der Waals surface area contributed by atoms with E-state index in [1.165, 1.54) is 0 Å². The highest BCUT2D eigenvalue weighted by Gasteiger charge is 2.15. The van der Waals surface area contributed by atoms with Crippen LogP contribution in [0.5, 0.6) is 0 Å². The van der Waals surface area contributed by atoms with E-state index in [9.17, 15) is 0 Å². The molecule has 3 nitrogen and oxygen atoms in total. The number of hydrogen-bond donors (Lipinski definition) is 1. The van der Waals surface area contributed by atoms with Crippen LogP contribution < -0.4 is 0 Å². The molecule has 0 saturated carbocycles. The Bertz CT molecular complexity index is 365. The standard InChI is InChI=1S/C10H16N2OS/c1-10(2,3)7-5-9(14)12-8(11-7)6-13-4/h5H,6H2,1-4H3,(H,11,12,14). The molecule has 0 fully saturated rings. The van der Waals surface area contributed by atoms with Gasteiger partial charge in [0.05, 0.1) is 0 Å². The molecule has 0 aromatic carbocycles. The van der Waals surface area contributed by atoms with E-state index in [0.717, 1.165) is 11.5 Å². The topological polar surface area (TPSA) is 37.9 Å². The first-order chi connectivity index (χ1) is 6.43. The lowest BCUT2D eigenvalue weighted by Gasteiger charge is -2.19. The zero-order valence-electron chi connectivity index (χ0n) is 9.05. The summed E-state index contributed by atoms with van der Waals surface area (Å²) in [4.78, 5) is 7.39. The molecule has 0 saturated heterocycles. The summed E-state index contributed by atoms with van der Waals surface area (Å²) in [5.41, 5.74) is 1.14. The van der Waals surface area contributed by atoms with Crippen molar-refractivity contribution in [3.63, 3.8) is 0 Å². The lowest BCUT2D eigenvalue weighted by molar-refractivity contribution is 0.177. The first-order valence-corrected chi connectivity index (χ1v) is 4.94. The van der Waals surface area contributed by atoms with Crippen LogP contribution in [0.25, 0.3) is 0 Å². The zero-order chi connectivity index (χ0) is 10.8. The lowest BCUT2D eigenvalue weighted by Crippen LogP contribution is -2.15. The summed E-state index contributed by atoms with van der Waals surface area (Å²) in [5.74, 6) is 0.782. The number of nitrogens with one attached hydrogen (secondary N) is 1. The fraction of sp³-hybridized carbons (Fsp3) is 0.600. The first-order valence-electron chi connectivity index (χ1n) is 4.53. The van der Waals surface area contributed by atoms with Crippen LogP contribution in [0.4, 0.5) is 0 Å². The van der Waals surface area contributed by atoms with Crippen LogP contribution >= 0.6 is 12.2 Å². The number of nitrogens with zero attached hydrogens (tertiary/aromatic N) is 1. The summed E-state index contributed by atoms with van der Waals surface area (Å²) >= 11 is 5.08. The number of rotatable bonds is 2. The Morgan fingerprint density at radius 2 is 2.14 bits per heavy atom. The Morgan fingerprint density at radius 3 is 2.64 bits per heavy atom. The van der Waals surface area contributed by atoms with Crippen LogP contribution in [0.1, 0.15) is 32.3 Å². The van der Waals surface area contributed by atoms with Gasteiger partial charge in [0.25, 0.3) is 0 Å². The summed E-state index contributed by atoms with van der Waals surface area (Å²) in [6.07, 6.45) is 0. The molecule has 0 atom stereocenters. The normalized spacial score (nSPS) is 11.7. The Balaban J connectivity index is 3.14. The maximum Gasteiger partial charge on any atom is 0.134 e. The monoisotopic (exact) mass is 212 g/mol. The van der Waals surface area contributed by atoms with Gasteiger partial charge in [-0.2, -0.15) is 0 Å². The molecule has 0 aliphatic heterocycles. The predicted octanol–water partition coefficient (Wildman–Crippen LogP) is 2.58. The van der Waals surface area contributed by atoms with E-state index in [2.05, 4.69) is 30.7 Å². The minimum atomic E-state index is 0.0546. The van der Waals surface area contributed by atoms with Crippen molar-refractivity contribution in [3.05, 3.63) is 22.2 Å². The summed E-state index contributed by atoms with van der Waals surface area (Å²) in [6, 6.07) is 1.90. The van der Waals surface area contributed by atoms with Crippen molar-refractivity contribution in [1.82, 2.24) is 9.97 Å². The highest BCUT2D eigenvalue weighted by Crippen LogP contribution is 2.19. The summed E-state index contributed by atoms with van der Waals surface area (Å²) in [5, 5.41) is 0. The van der Waals surface area contributed by atoms with Gasteiger partial charge in [-0.25, -0.2) is 4.98 Å². The molecule has 0 aliphatic rings. The highest BCUT2D eigenvalue weighted by atomic mass is 32.1. The van der Waals surface area contributed by atoms with Gasteiger partial charge in [-0.15, -0.1) is 0 Å². The minimum absolute atomic E-state index is 0.0546. The second-order valence-electron chi connectivity index (χ2n) is 4.26. The second-order valence-corrected chi connectivity index (χ2v) is 4.68. The molecule has 0 radical (unpaired) electrons. The first kappa shape index (κ1) is 11.3. The second kappa shape index (κ2) is 4.19. The van der Waals surface area contributed by atoms with Gasteiger partial charge >= 0.3 is 0 Å². The Labute approximate surface area is 89.5 Å². The Kier molecular flexibility index (Phi) is 3.39. The van der Waals surface area contributed by atoms with Crippen LogP contribution in [0.3, 0.4) is 0 Å². The van der Waals surface area contributed by atoms with Crippen LogP contribution in [-0.2, 0) is 16.8 Å². The van der Waals surface area contributed by atoms with E-state index >= 15 is 0 Å².